The van der Waals surface area contributed by atoms with Crippen LogP contribution in [-0.2, 0) is 0 Å². The van der Waals surface area contributed by atoms with Gasteiger partial charge in [-0.1, -0.05) is 65.2 Å². The van der Waals surface area contributed by atoms with Crippen LogP contribution in [0.4, 0.5) is 0 Å². The normalized spacial score (nSPS) is 11.3. The number of benzene rings is 1. The molecule has 30 heavy (non-hydrogen) atoms. The van der Waals surface area contributed by atoms with Gasteiger partial charge in [-0.15, -0.1) is 0 Å². The third-order valence-corrected chi connectivity index (χ3v) is 5.48. The molecule has 0 aliphatic rings. The lowest BCUT2D eigenvalue weighted by molar-refractivity contribution is 0.294. The average Bonchev–Trinajstić information content (AvgIpc) is 2.78. The summed E-state index contributed by atoms with van der Waals surface area (Å²) >= 11 is 0. The molecule has 0 fully saturated rings. The van der Waals surface area contributed by atoms with E-state index in [9.17, 15) is 0 Å². The molecule has 4 heteroatoms. The van der Waals surface area contributed by atoms with Crippen molar-refractivity contribution in [3.05, 3.63) is 36.4 Å². The van der Waals surface area contributed by atoms with Crippen LogP contribution < -0.4 is 9.47 Å². The Morgan fingerprint density at radius 3 is 1.47 bits per heavy atom. The Bertz CT molecular complexity index is 910. The number of pyridine rings is 2. The molecule has 0 saturated carbocycles. The molecular weight excluding hydrogens is 372 g/mol. The maximum atomic E-state index is 5.88. The number of unbranched alkanes of at least 4 members (excludes halogenated alkanes) is 8. The van der Waals surface area contributed by atoms with Crippen LogP contribution in [0.2, 0.25) is 0 Å². The average molecular weight is 409 g/mol. The zero-order chi connectivity index (χ0) is 21.0. The van der Waals surface area contributed by atoms with Crippen LogP contribution in [-0.4, -0.2) is 23.2 Å². The summed E-state index contributed by atoms with van der Waals surface area (Å²) in [7, 11) is 0. The van der Waals surface area contributed by atoms with E-state index in [4.69, 9.17) is 14.5 Å². The van der Waals surface area contributed by atoms with E-state index in [0.717, 1.165) is 47.9 Å². The van der Waals surface area contributed by atoms with Gasteiger partial charge in [0.1, 0.15) is 0 Å². The number of fused-ring (bicyclic) bond motifs is 3. The number of aromatic nitrogens is 2. The Morgan fingerprint density at radius 2 is 0.967 bits per heavy atom. The standard InChI is InChI=1S/C26H36N2O2/c1-3-5-7-9-10-12-20-30-26-18-14-22-21-13-17-25(29-19-11-8-6-4-2)27-23(21)15-16-24(22)28-26/h13-18H,3-12,19-20H2,1-2H3. The highest BCUT2D eigenvalue weighted by molar-refractivity contribution is 6.04. The number of hydrogen-bond acceptors (Lipinski definition) is 4. The number of ether oxygens (including phenoxy) is 2. The van der Waals surface area contributed by atoms with Crippen molar-refractivity contribution in [2.45, 2.75) is 78.1 Å². The summed E-state index contributed by atoms with van der Waals surface area (Å²) in [6.07, 6.45) is 12.4. The molecule has 0 atom stereocenters. The third-order valence-electron chi connectivity index (χ3n) is 5.48. The second-order valence-corrected chi connectivity index (χ2v) is 8.02. The Labute approximate surface area is 181 Å². The monoisotopic (exact) mass is 408 g/mol. The van der Waals surface area contributed by atoms with Gasteiger partial charge in [-0.2, -0.15) is 0 Å². The molecule has 3 aromatic rings. The number of hydrogen-bond donors (Lipinski definition) is 0. The van der Waals surface area contributed by atoms with Crippen molar-refractivity contribution in [2.24, 2.45) is 0 Å². The van der Waals surface area contributed by atoms with Crippen LogP contribution in [0.15, 0.2) is 36.4 Å². The summed E-state index contributed by atoms with van der Waals surface area (Å²) in [5.41, 5.74) is 1.88. The lowest BCUT2D eigenvalue weighted by Crippen LogP contribution is -2.00. The summed E-state index contributed by atoms with van der Waals surface area (Å²) in [5.74, 6) is 1.40. The molecule has 0 aliphatic carbocycles. The summed E-state index contributed by atoms with van der Waals surface area (Å²) in [4.78, 5) is 9.37. The molecule has 2 heterocycles. The molecule has 0 N–H and O–H groups in total. The molecule has 0 unspecified atom stereocenters. The maximum absolute atomic E-state index is 5.88. The fourth-order valence-corrected chi connectivity index (χ4v) is 3.71. The van der Waals surface area contributed by atoms with E-state index in [1.54, 1.807) is 0 Å². The van der Waals surface area contributed by atoms with Crippen molar-refractivity contribution in [3.8, 4) is 11.8 Å². The summed E-state index contributed by atoms with van der Waals surface area (Å²) in [6, 6.07) is 12.2. The first-order valence-corrected chi connectivity index (χ1v) is 11.8. The summed E-state index contributed by atoms with van der Waals surface area (Å²) < 4.78 is 11.7. The van der Waals surface area contributed by atoms with Crippen LogP contribution in [0.25, 0.3) is 21.8 Å². The van der Waals surface area contributed by atoms with Gasteiger partial charge in [0.25, 0.3) is 0 Å². The van der Waals surface area contributed by atoms with Gasteiger partial charge < -0.3 is 9.47 Å². The van der Waals surface area contributed by atoms with Crippen LogP contribution in [0.1, 0.15) is 78.1 Å². The van der Waals surface area contributed by atoms with Gasteiger partial charge in [0.05, 0.1) is 24.2 Å². The van der Waals surface area contributed by atoms with Gasteiger partial charge in [-0.3, -0.25) is 0 Å². The van der Waals surface area contributed by atoms with Gasteiger partial charge >= 0.3 is 0 Å². The van der Waals surface area contributed by atoms with E-state index in [0.29, 0.717) is 11.8 Å². The molecule has 3 rings (SSSR count). The Morgan fingerprint density at radius 1 is 0.533 bits per heavy atom. The minimum atomic E-state index is 0.699. The third kappa shape index (κ3) is 6.58. The minimum Gasteiger partial charge on any atom is -0.478 e. The van der Waals surface area contributed by atoms with Crippen LogP contribution >= 0.6 is 0 Å². The van der Waals surface area contributed by atoms with E-state index in [1.165, 1.54) is 51.4 Å². The molecule has 0 radical (unpaired) electrons. The Balaban J connectivity index is 1.57. The molecule has 0 amide bonds. The highest BCUT2D eigenvalue weighted by atomic mass is 16.5. The van der Waals surface area contributed by atoms with Crippen LogP contribution in [0.3, 0.4) is 0 Å². The van der Waals surface area contributed by atoms with Crippen molar-refractivity contribution in [2.75, 3.05) is 13.2 Å². The number of rotatable bonds is 14. The molecule has 4 nitrogen and oxygen atoms in total. The Kier molecular flexibility index (Phi) is 9.20. The zero-order valence-electron chi connectivity index (χ0n) is 18.7. The van der Waals surface area contributed by atoms with E-state index in [-0.39, 0.29) is 0 Å². The Hall–Kier alpha value is -2.36. The molecular formula is C26H36N2O2. The van der Waals surface area contributed by atoms with Gasteiger partial charge in [-0.05, 0) is 37.1 Å². The molecule has 0 spiro atoms. The first-order chi connectivity index (χ1) is 14.8. The minimum absolute atomic E-state index is 0.699. The lowest BCUT2D eigenvalue weighted by atomic mass is 10.1. The van der Waals surface area contributed by atoms with Crippen molar-refractivity contribution < 1.29 is 9.47 Å². The maximum Gasteiger partial charge on any atom is 0.213 e. The van der Waals surface area contributed by atoms with Crippen molar-refractivity contribution in [3.63, 3.8) is 0 Å². The highest BCUT2D eigenvalue weighted by Gasteiger charge is 2.06. The van der Waals surface area contributed by atoms with Crippen LogP contribution in [0, 0.1) is 0 Å². The van der Waals surface area contributed by atoms with Crippen molar-refractivity contribution >= 4 is 21.8 Å². The van der Waals surface area contributed by atoms with Gasteiger partial charge in [-0.25, -0.2) is 9.97 Å². The lowest BCUT2D eigenvalue weighted by Gasteiger charge is -2.09. The van der Waals surface area contributed by atoms with Crippen molar-refractivity contribution in [1.29, 1.82) is 0 Å². The second-order valence-electron chi connectivity index (χ2n) is 8.02. The first kappa shape index (κ1) is 22.3. The molecule has 2 aromatic heterocycles. The molecule has 0 bridgehead atoms. The SMILES string of the molecule is CCCCCCCCOc1ccc2c(ccc3nc(OCCCCCC)ccc32)n1. The van der Waals surface area contributed by atoms with Crippen molar-refractivity contribution in [1.82, 2.24) is 9.97 Å². The molecule has 0 saturated heterocycles. The highest BCUT2D eigenvalue weighted by Crippen LogP contribution is 2.27. The quantitative estimate of drug-likeness (QED) is 0.205. The van der Waals surface area contributed by atoms with Gasteiger partial charge in [0.2, 0.25) is 11.8 Å². The number of nitrogens with zero attached hydrogens (tertiary/aromatic N) is 2. The fraction of sp³-hybridized carbons (Fsp3) is 0.538. The molecule has 162 valence electrons. The predicted molar refractivity (Wildman–Crippen MR) is 126 cm³/mol. The summed E-state index contributed by atoms with van der Waals surface area (Å²) in [5, 5.41) is 2.20. The molecule has 1 aromatic carbocycles. The second kappa shape index (κ2) is 12.4. The van der Waals surface area contributed by atoms with E-state index < -0.39 is 0 Å². The van der Waals surface area contributed by atoms with Crippen LogP contribution in [0.5, 0.6) is 11.8 Å². The predicted octanol–water partition coefficient (Wildman–Crippen LogP) is 7.48. The van der Waals surface area contributed by atoms with E-state index in [2.05, 4.69) is 31.0 Å². The topological polar surface area (TPSA) is 44.2 Å². The fourth-order valence-electron chi connectivity index (χ4n) is 3.71. The van der Waals surface area contributed by atoms with Gasteiger partial charge in [0.15, 0.2) is 0 Å². The smallest absolute Gasteiger partial charge is 0.213 e. The largest absolute Gasteiger partial charge is 0.478 e. The summed E-state index contributed by atoms with van der Waals surface area (Å²) in [6.45, 7) is 5.93. The van der Waals surface area contributed by atoms with Gasteiger partial charge in [0, 0.05) is 22.9 Å². The zero-order valence-corrected chi connectivity index (χ0v) is 18.7. The first-order valence-electron chi connectivity index (χ1n) is 11.8. The van der Waals surface area contributed by atoms with E-state index in [1.807, 2.05) is 24.3 Å². The van der Waals surface area contributed by atoms with E-state index >= 15 is 0 Å². The molecule has 0 aliphatic heterocycles.